The zero-order valence-corrected chi connectivity index (χ0v) is 27.3. The normalized spacial score (nSPS) is 16.1. The van der Waals surface area contributed by atoms with Gasteiger partial charge >= 0.3 is 0 Å². The Hall–Kier alpha value is -5.09. The molecule has 2 aromatic heterocycles. The molecule has 7 aromatic rings. The average Bonchev–Trinajstić information content (AvgIpc) is 3.46. The Labute approximate surface area is 270 Å². The smallest absolute Gasteiger partial charge is 0.164 e. The molecule has 4 heteroatoms. The van der Waals surface area contributed by atoms with Crippen LogP contribution in [0.5, 0.6) is 0 Å². The van der Waals surface area contributed by atoms with E-state index in [4.69, 9.17) is 15.0 Å². The molecule has 0 saturated carbocycles. The monoisotopic (exact) mass is 598 g/mol. The van der Waals surface area contributed by atoms with Crippen LogP contribution in [-0.2, 0) is 10.8 Å². The molecule has 0 fully saturated rings. The number of aromatic nitrogens is 4. The van der Waals surface area contributed by atoms with Crippen molar-refractivity contribution in [2.45, 2.75) is 52.4 Å². The fourth-order valence-corrected chi connectivity index (χ4v) is 7.50. The fraction of sp³-hybridized carbons (Fsp3) is 0.214. The maximum Gasteiger partial charge on any atom is 0.164 e. The van der Waals surface area contributed by atoms with Gasteiger partial charge in [-0.3, -0.25) is 0 Å². The summed E-state index contributed by atoms with van der Waals surface area (Å²) in [5.74, 6) is 1.98. The van der Waals surface area contributed by atoms with Crippen LogP contribution in [0.3, 0.4) is 0 Å². The quantitative estimate of drug-likeness (QED) is 0.202. The molecule has 0 aliphatic heterocycles. The minimum atomic E-state index is 0.00964. The molecule has 0 radical (unpaired) electrons. The molecule has 8 rings (SSSR count). The van der Waals surface area contributed by atoms with E-state index in [9.17, 15) is 0 Å². The molecule has 0 amide bonds. The molecular weight excluding hydrogens is 560 g/mol. The van der Waals surface area contributed by atoms with Crippen LogP contribution in [0.15, 0.2) is 121 Å². The van der Waals surface area contributed by atoms with E-state index in [2.05, 4.69) is 107 Å². The van der Waals surface area contributed by atoms with Crippen molar-refractivity contribution in [1.82, 2.24) is 19.5 Å². The molecule has 46 heavy (non-hydrogen) atoms. The van der Waals surface area contributed by atoms with Crippen LogP contribution in [-0.4, -0.2) is 19.5 Å². The largest absolute Gasteiger partial charge is 0.309 e. The van der Waals surface area contributed by atoms with E-state index in [0.717, 1.165) is 22.4 Å². The Bertz CT molecular complexity index is 2220. The molecule has 0 N–H and O–H groups in total. The van der Waals surface area contributed by atoms with Crippen molar-refractivity contribution < 1.29 is 0 Å². The number of para-hydroxylation sites is 1. The van der Waals surface area contributed by atoms with E-state index in [-0.39, 0.29) is 16.2 Å². The highest BCUT2D eigenvalue weighted by molar-refractivity contribution is 6.10. The van der Waals surface area contributed by atoms with Crippen LogP contribution in [0.4, 0.5) is 0 Å². The van der Waals surface area contributed by atoms with Crippen molar-refractivity contribution in [3.63, 3.8) is 0 Å². The predicted molar refractivity (Wildman–Crippen MR) is 190 cm³/mol. The van der Waals surface area contributed by atoms with Crippen LogP contribution < -0.4 is 0 Å². The third-order valence-electron chi connectivity index (χ3n) is 11.3. The van der Waals surface area contributed by atoms with Crippen molar-refractivity contribution >= 4 is 21.8 Å². The molecule has 0 atom stereocenters. The van der Waals surface area contributed by atoms with E-state index in [1.165, 1.54) is 32.9 Å². The van der Waals surface area contributed by atoms with Crippen LogP contribution in [0, 0.1) is 5.41 Å². The summed E-state index contributed by atoms with van der Waals surface area (Å²) in [5.41, 5.74) is 9.41. The van der Waals surface area contributed by atoms with Gasteiger partial charge in [0.2, 0.25) is 0 Å². The van der Waals surface area contributed by atoms with E-state index in [0.29, 0.717) is 17.5 Å². The minimum Gasteiger partial charge on any atom is -0.309 e. The summed E-state index contributed by atoms with van der Waals surface area (Å²) in [5, 5.41) is 2.56. The topological polar surface area (TPSA) is 43.6 Å². The second-order valence-corrected chi connectivity index (χ2v) is 14.2. The van der Waals surface area contributed by atoms with Crippen LogP contribution in [0.2, 0.25) is 0 Å². The number of nitrogens with zero attached hydrogens (tertiary/aromatic N) is 4. The summed E-state index contributed by atoms with van der Waals surface area (Å²) in [7, 11) is 0. The molecule has 1 aliphatic rings. The van der Waals surface area contributed by atoms with Gasteiger partial charge in [-0.1, -0.05) is 133 Å². The van der Waals surface area contributed by atoms with E-state index >= 15 is 0 Å². The van der Waals surface area contributed by atoms with Crippen molar-refractivity contribution in [3.8, 4) is 39.9 Å². The highest BCUT2D eigenvalue weighted by Gasteiger charge is 2.56. The molecule has 0 bridgehead atoms. The summed E-state index contributed by atoms with van der Waals surface area (Å²) in [6.45, 7) is 14.5. The Balaban J connectivity index is 1.35. The third kappa shape index (κ3) is 4.02. The molecule has 4 nitrogen and oxygen atoms in total. The van der Waals surface area contributed by atoms with Gasteiger partial charge in [-0.15, -0.1) is 0 Å². The maximum absolute atomic E-state index is 5.01. The van der Waals surface area contributed by atoms with Gasteiger partial charge in [-0.2, -0.15) is 0 Å². The lowest BCUT2D eigenvalue weighted by Crippen LogP contribution is -2.42. The van der Waals surface area contributed by atoms with Crippen LogP contribution in [0.25, 0.3) is 61.7 Å². The van der Waals surface area contributed by atoms with E-state index < -0.39 is 0 Å². The molecule has 5 aromatic carbocycles. The first-order chi connectivity index (χ1) is 22.1. The highest BCUT2D eigenvalue weighted by atomic mass is 15.0. The van der Waals surface area contributed by atoms with Crippen molar-refractivity contribution in [2.24, 2.45) is 5.41 Å². The number of benzene rings is 5. The minimum absolute atomic E-state index is 0.00964. The maximum atomic E-state index is 5.01. The Kier molecular flexibility index (Phi) is 6.14. The Morgan fingerprint density at radius 2 is 0.935 bits per heavy atom. The zero-order chi connectivity index (χ0) is 31.8. The van der Waals surface area contributed by atoms with Gasteiger partial charge in [-0.05, 0) is 57.7 Å². The summed E-state index contributed by atoms with van der Waals surface area (Å²) in [6.07, 6.45) is 0. The molecule has 1 aliphatic carbocycles. The average molecular weight is 599 g/mol. The van der Waals surface area contributed by atoms with Gasteiger partial charge in [0.05, 0.1) is 11.0 Å². The van der Waals surface area contributed by atoms with Crippen LogP contribution >= 0.6 is 0 Å². The molecule has 2 heterocycles. The fourth-order valence-electron chi connectivity index (χ4n) is 7.50. The van der Waals surface area contributed by atoms with Gasteiger partial charge in [0.15, 0.2) is 17.5 Å². The first-order valence-corrected chi connectivity index (χ1v) is 16.1. The summed E-state index contributed by atoms with van der Waals surface area (Å²) < 4.78 is 2.42. The van der Waals surface area contributed by atoms with Crippen LogP contribution in [0.1, 0.15) is 52.7 Å². The zero-order valence-electron chi connectivity index (χ0n) is 27.3. The molecule has 0 unspecified atom stereocenters. The summed E-state index contributed by atoms with van der Waals surface area (Å²) in [6, 6.07) is 42.6. The van der Waals surface area contributed by atoms with Crippen molar-refractivity contribution in [3.05, 3.63) is 132 Å². The second kappa shape index (κ2) is 9.95. The molecule has 0 saturated heterocycles. The number of hydrogen-bond acceptors (Lipinski definition) is 3. The second-order valence-electron chi connectivity index (χ2n) is 14.2. The molecule has 226 valence electrons. The lowest BCUT2D eigenvalue weighted by Gasteiger charge is -2.44. The van der Waals surface area contributed by atoms with E-state index in [1.54, 1.807) is 0 Å². The third-order valence-corrected chi connectivity index (χ3v) is 11.3. The van der Waals surface area contributed by atoms with Gasteiger partial charge in [0.25, 0.3) is 0 Å². The van der Waals surface area contributed by atoms with E-state index in [1.807, 2.05) is 60.7 Å². The summed E-state index contributed by atoms with van der Waals surface area (Å²) in [4.78, 5) is 14.9. The number of hydrogen-bond donors (Lipinski definition) is 0. The lowest BCUT2D eigenvalue weighted by molar-refractivity contribution is 0.125. The first-order valence-electron chi connectivity index (χ1n) is 16.1. The molecule has 0 spiro atoms. The number of rotatable bonds is 4. The lowest BCUT2D eigenvalue weighted by atomic mass is 9.59. The number of fused-ring (bicyclic) bond motifs is 4. The highest BCUT2D eigenvalue weighted by Crippen LogP contribution is 2.62. The predicted octanol–water partition coefficient (Wildman–Crippen LogP) is 10.6. The van der Waals surface area contributed by atoms with Gasteiger partial charge in [0, 0.05) is 33.2 Å². The molecular formula is C42H38N4. The van der Waals surface area contributed by atoms with Crippen molar-refractivity contribution in [2.75, 3.05) is 0 Å². The standard InChI is InChI=1S/C42H38N4/c1-40(2)33-25-32-31-22-13-14-23-35(31)46(36(32)26-34(33)41(3,4)42(40,5)6)30-21-15-20-29(24-30)39-44-37(27-16-9-7-10-17-27)43-38(45-39)28-18-11-8-12-19-28/h7-26H,1-6H3. The SMILES string of the molecule is CC1(C)c2cc3c4ccccc4n(-c4cccc(-c5nc(-c6ccccc6)nc(-c6ccccc6)n5)c4)c3cc2C(C)(C)C1(C)C. The Morgan fingerprint density at radius 1 is 0.435 bits per heavy atom. The van der Waals surface area contributed by atoms with Crippen molar-refractivity contribution in [1.29, 1.82) is 0 Å². The van der Waals surface area contributed by atoms with Gasteiger partial charge in [-0.25, -0.2) is 15.0 Å². The summed E-state index contributed by atoms with van der Waals surface area (Å²) >= 11 is 0. The van der Waals surface area contributed by atoms with Gasteiger partial charge in [0.1, 0.15) is 0 Å². The Morgan fingerprint density at radius 3 is 1.54 bits per heavy atom. The first kappa shape index (κ1) is 28.4. The van der Waals surface area contributed by atoms with Gasteiger partial charge < -0.3 is 4.57 Å².